The first-order valence-electron chi connectivity index (χ1n) is 7.25. The van der Waals surface area contributed by atoms with Crippen LogP contribution >= 0.6 is 11.3 Å². The van der Waals surface area contributed by atoms with Gasteiger partial charge < -0.3 is 4.18 Å². The molecule has 3 rings (SSSR count). The Balaban J connectivity index is 2.15. The molecule has 7 heteroatoms. The van der Waals surface area contributed by atoms with E-state index in [1.807, 2.05) is 6.07 Å². The molecule has 1 aromatic heterocycles. The van der Waals surface area contributed by atoms with Crippen molar-refractivity contribution in [1.29, 1.82) is 0 Å². The van der Waals surface area contributed by atoms with Crippen molar-refractivity contribution >= 4 is 31.7 Å². The van der Waals surface area contributed by atoms with E-state index >= 15 is 0 Å². The van der Waals surface area contributed by atoms with Crippen molar-refractivity contribution < 1.29 is 12.6 Å². The third kappa shape index (κ3) is 3.31. The molecule has 1 aliphatic rings. The molecule has 0 bridgehead atoms. The second-order valence-corrected chi connectivity index (χ2v) is 7.66. The molecule has 1 heterocycles. The summed E-state index contributed by atoms with van der Waals surface area (Å²) in [7, 11) is -4.06. The van der Waals surface area contributed by atoms with Crippen LogP contribution in [-0.4, -0.2) is 8.42 Å². The first-order valence-corrected chi connectivity index (χ1v) is 9.54. The van der Waals surface area contributed by atoms with Crippen molar-refractivity contribution in [2.24, 2.45) is 5.14 Å². The molecule has 0 spiro atoms. The van der Waals surface area contributed by atoms with E-state index in [-0.39, 0.29) is 10.5 Å². The Morgan fingerprint density at radius 3 is 2.41 bits per heavy atom. The number of rotatable bonds is 2. The molecule has 0 fully saturated rings. The highest BCUT2D eigenvalue weighted by molar-refractivity contribution is 7.84. The molecule has 2 aromatic rings. The molecule has 1 aromatic carbocycles. The SMILES string of the molecule is NS(=O)(=O)Oc1ccc2c3c(c(=O)sc2c1)CCCCCC3. The minimum absolute atomic E-state index is 0.0668. The minimum atomic E-state index is -4.06. The minimum Gasteiger partial charge on any atom is -0.371 e. The van der Waals surface area contributed by atoms with Crippen LogP contribution in [0.15, 0.2) is 23.0 Å². The van der Waals surface area contributed by atoms with Gasteiger partial charge in [-0.3, -0.25) is 4.79 Å². The van der Waals surface area contributed by atoms with Crippen LogP contribution in [0.3, 0.4) is 0 Å². The standard InChI is InChI=1S/C15H17NO4S2/c16-22(18,19)20-10-7-8-12-11-5-3-1-2-4-6-13(11)15(17)21-14(12)9-10/h7-9H,1-6H2,(H2,16,18,19). The van der Waals surface area contributed by atoms with Gasteiger partial charge in [-0.1, -0.05) is 24.2 Å². The number of nitrogens with two attached hydrogens (primary N) is 1. The van der Waals surface area contributed by atoms with Crippen LogP contribution in [0.1, 0.15) is 36.8 Å². The maximum absolute atomic E-state index is 12.4. The summed E-state index contributed by atoms with van der Waals surface area (Å²) in [6, 6.07) is 4.99. The van der Waals surface area contributed by atoms with Crippen molar-refractivity contribution in [1.82, 2.24) is 0 Å². The quantitative estimate of drug-likeness (QED) is 0.911. The van der Waals surface area contributed by atoms with E-state index in [4.69, 9.17) is 9.32 Å². The summed E-state index contributed by atoms with van der Waals surface area (Å²) in [5.74, 6) is 0.136. The monoisotopic (exact) mass is 339 g/mol. The van der Waals surface area contributed by atoms with Gasteiger partial charge >= 0.3 is 10.3 Å². The molecule has 0 saturated carbocycles. The van der Waals surface area contributed by atoms with Gasteiger partial charge in [-0.15, -0.1) is 0 Å². The van der Waals surface area contributed by atoms with Gasteiger partial charge in [0.1, 0.15) is 5.75 Å². The van der Waals surface area contributed by atoms with Gasteiger partial charge in [0.25, 0.3) is 0 Å². The second kappa shape index (κ2) is 5.98. The van der Waals surface area contributed by atoms with E-state index in [0.717, 1.165) is 58.2 Å². The summed E-state index contributed by atoms with van der Waals surface area (Å²) in [5.41, 5.74) is 2.04. The normalized spacial score (nSPS) is 15.9. The maximum Gasteiger partial charge on any atom is 0.380 e. The van der Waals surface area contributed by atoms with Crippen molar-refractivity contribution in [3.8, 4) is 5.75 Å². The van der Waals surface area contributed by atoms with Crippen LogP contribution in [0.5, 0.6) is 5.75 Å². The van der Waals surface area contributed by atoms with Crippen molar-refractivity contribution in [2.75, 3.05) is 0 Å². The third-order valence-corrected chi connectivity index (χ3v) is 5.32. The van der Waals surface area contributed by atoms with E-state index in [1.54, 1.807) is 12.1 Å². The van der Waals surface area contributed by atoms with E-state index in [1.165, 1.54) is 12.8 Å². The highest BCUT2D eigenvalue weighted by atomic mass is 32.2. The van der Waals surface area contributed by atoms with Crippen LogP contribution in [0.25, 0.3) is 10.1 Å². The largest absolute Gasteiger partial charge is 0.380 e. The Morgan fingerprint density at radius 1 is 1.05 bits per heavy atom. The van der Waals surface area contributed by atoms with Crippen LogP contribution in [0.4, 0.5) is 0 Å². The number of fused-ring (bicyclic) bond motifs is 3. The molecular weight excluding hydrogens is 322 g/mol. The topological polar surface area (TPSA) is 86.5 Å². The predicted molar refractivity (Wildman–Crippen MR) is 87.7 cm³/mol. The Bertz CT molecular complexity index is 871. The predicted octanol–water partition coefficient (Wildman–Crippen LogP) is 2.50. The molecule has 0 radical (unpaired) electrons. The molecule has 0 atom stereocenters. The highest BCUT2D eigenvalue weighted by Crippen LogP contribution is 2.30. The summed E-state index contributed by atoms with van der Waals surface area (Å²) < 4.78 is 27.5. The van der Waals surface area contributed by atoms with Crippen LogP contribution in [-0.2, 0) is 23.1 Å². The summed E-state index contributed by atoms with van der Waals surface area (Å²) in [6.07, 6.45) is 6.20. The molecule has 0 unspecified atom stereocenters. The van der Waals surface area contributed by atoms with E-state index in [9.17, 15) is 13.2 Å². The molecule has 22 heavy (non-hydrogen) atoms. The molecular formula is C15H17NO4S2. The lowest BCUT2D eigenvalue weighted by Gasteiger charge is -2.15. The fourth-order valence-corrected chi connectivity index (χ4v) is 4.36. The molecule has 0 amide bonds. The van der Waals surface area contributed by atoms with Crippen molar-refractivity contribution in [3.63, 3.8) is 0 Å². The van der Waals surface area contributed by atoms with E-state index in [2.05, 4.69) is 0 Å². The van der Waals surface area contributed by atoms with Gasteiger partial charge in [0.2, 0.25) is 4.74 Å². The first-order chi connectivity index (χ1) is 10.4. The van der Waals surface area contributed by atoms with Gasteiger partial charge in [0.15, 0.2) is 0 Å². The lowest BCUT2D eigenvalue weighted by atomic mass is 9.93. The Hall–Kier alpha value is -1.44. The first kappa shape index (κ1) is 15.5. The lowest BCUT2D eigenvalue weighted by molar-refractivity contribution is 0.488. The van der Waals surface area contributed by atoms with E-state index in [0.29, 0.717) is 0 Å². The summed E-state index contributed by atoms with van der Waals surface area (Å²) >= 11 is 1.14. The maximum atomic E-state index is 12.4. The Morgan fingerprint density at radius 2 is 1.73 bits per heavy atom. The molecule has 0 saturated heterocycles. The Labute approximate surface area is 133 Å². The van der Waals surface area contributed by atoms with Crippen LogP contribution in [0, 0.1) is 0 Å². The summed E-state index contributed by atoms with van der Waals surface area (Å²) in [5, 5.41) is 5.90. The van der Waals surface area contributed by atoms with Crippen LogP contribution in [0.2, 0.25) is 0 Å². The number of hydrogen-bond donors (Lipinski definition) is 1. The molecule has 5 nitrogen and oxygen atoms in total. The highest BCUT2D eigenvalue weighted by Gasteiger charge is 2.16. The molecule has 118 valence electrons. The van der Waals surface area contributed by atoms with Crippen LogP contribution < -0.4 is 14.1 Å². The summed E-state index contributed by atoms with van der Waals surface area (Å²) in [4.78, 5) is 12.4. The fraction of sp³-hybridized carbons (Fsp3) is 0.400. The van der Waals surface area contributed by atoms with Gasteiger partial charge in [-0.25, -0.2) is 0 Å². The van der Waals surface area contributed by atoms with Gasteiger partial charge in [0, 0.05) is 10.3 Å². The van der Waals surface area contributed by atoms with Crippen molar-refractivity contribution in [3.05, 3.63) is 38.9 Å². The fourth-order valence-electron chi connectivity index (χ4n) is 2.97. The lowest BCUT2D eigenvalue weighted by Crippen LogP contribution is -2.19. The molecule has 2 N–H and O–H groups in total. The van der Waals surface area contributed by atoms with Crippen molar-refractivity contribution in [2.45, 2.75) is 38.5 Å². The van der Waals surface area contributed by atoms with Gasteiger partial charge in [-0.05, 0) is 54.8 Å². The smallest absolute Gasteiger partial charge is 0.371 e. The zero-order chi connectivity index (χ0) is 15.7. The Kier molecular flexibility index (Phi) is 4.20. The number of aryl methyl sites for hydroxylation is 1. The van der Waals surface area contributed by atoms with Gasteiger partial charge in [0.05, 0.1) is 0 Å². The van der Waals surface area contributed by atoms with Gasteiger partial charge in [-0.2, -0.15) is 13.6 Å². The molecule has 1 aliphatic carbocycles. The average Bonchev–Trinajstić information content (AvgIpc) is 2.37. The number of benzene rings is 1. The summed E-state index contributed by atoms with van der Waals surface area (Å²) in [6.45, 7) is 0. The average molecular weight is 339 g/mol. The third-order valence-electron chi connectivity index (χ3n) is 3.91. The zero-order valence-electron chi connectivity index (χ0n) is 12.0. The molecule has 0 aliphatic heterocycles. The second-order valence-electron chi connectivity index (χ2n) is 5.49. The zero-order valence-corrected chi connectivity index (χ0v) is 13.6. The number of hydrogen-bond acceptors (Lipinski definition) is 5. The van der Waals surface area contributed by atoms with E-state index < -0.39 is 10.3 Å².